The van der Waals surface area contributed by atoms with Gasteiger partial charge < -0.3 is 10.1 Å². The molecule has 0 unspecified atom stereocenters. The van der Waals surface area contributed by atoms with Crippen molar-refractivity contribution in [3.8, 4) is 10.6 Å². The third-order valence-corrected chi connectivity index (χ3v) is 6.65. The van der Waals surface area contributed by atoms with Crippen LogP contribution in [-0.4, -0.2) is 28.2 Å². The summed E-state index contributed by atoms with van der Waals surface area (Å²) in [6.07, 6.45) is 3.71. The van der Waals surface area contributed by atoms with Crippen LogP contribution >= 0.6 is 22.7 Å². The van der Waals surface area contributed by atoms with Crippen LogP contribution in [0.3, 0.4) is 0 Å². The van der Waals surface area contributed by atoms with E-state index in [9.17, 15) is 9.59 Å². The van der Waals surface area contributed by atoms with Crippen molar-refractivity contribution in [1.82, 2.24) is 10.2 Å². The minimum Gasteiger partial charge on any atom is -0.459 e. The summed E-state index contributed by atoms with van der Waals surface area (Å²) in [6.45, 7) is 3.65. The third-order valence-electron chi connectivity index (χ3n) is 4.54. The first-order valence-corrected chi connectivity index (χ1v) is 11.0. The summed E-state index contributed by atoms with van der Waals surface area (Å²) in [6, 6.07) is 5.64. The summed E-state index contributed by atoms with van der Waals surface area (Å²) in [5, 5.41) is 12.5. The monoisotopic (exact) mass is 415 g/mol. The standard InChI is InChI=1S/C20H21N3O3S2/c1-11(2)26-20(25)17-12-6-3-4-7-15(12)28-19(17)21-18(24)14-10-13(22-23-14)16-8-5-9-27-16/h5,8-11H,3-4,6-7H2,1-2H3,(H,21,24)(H,22,23). The lowest BCUT2D eigenvalue weighted by molar-refractivity contribution is 0.0378. The van der Waals surface area contributed by atoms with Gasteiger partial charge in [-0.1, -0.05) is 6.07 Å². The zero-order chi connectivity index (χ0) is 19.7. The molecule has 0 atom stereocenters. The normalized spacial score (nSPS) is 13.4. The van der Waals surface area contributed by atoms with Crippen molar-refractivity contribution >= 4 is 39.6 Å². The number of nitrogens with one attached hydrogen (secondary N) is 2. The van der Waals surface area contributed by atoms with Gasteiger partial charge in [0.15, 0.2) is 5.69 Å². The second kappa shape index (κ2) is 7.89. The lowest BCUT2D eigenvalue weighted by atomic mass is 9.95. The molecule has 3 aromatic rings. The number of ether oxygens (including phenoxy) is 1. The molecule has 1 aliphatic rings. The molecule has 0 radical (unpaired) electrons. The molecule has 6 nitrogen and oxygen atoms in total. The molecule has 8 heteroatoms. The quantitative estimate of drug-likeness (QED) is 0.581. The van der Waals surface area contributed by atoms with E-state index in [0.717, 1.165) is 41.8 Å². The van der Waals surface area contributed by atoms with Crippen LogP contribution in [0.5, 0.6) is 0 Å². The van der Waals surface area contributed by atoms with Crippen LogP contribution in [0, 0.1) is 0 Å². The van der Waals surface area contributed by atoms with Gasteiger partial charge in [0.2, 0.25) is 0 Å². The van der Waals surface area contributed by atoms with E-state index in [4.69, 9.17) is 4.74 Å². The number of H-pyrrole nitrogens is 1. The summed E-state index contributed by atoms with van der Waals surface area (Å²) >= 11 is 3.05. The van der Waals surface area contributed by atoms with E-state index in [2.05, 4.69) is 15.5 Å². The number of fused-ring (bicyclic) bond motifs is 1. The first-order chi connectivity index (χ1) is 13.5. The third kappa shape index (κ3) is 3.74. The highest BCUT2D eigenvalue weighted by Crippen LogP contribution is 2.39. The molecule has 0 saturated heterocycles. The summed E-state index contributed by atoms with van der Waals surface area (Å²) in [7, 11) is 0. The van der Waals surface area contributed by atoms with Gasteiger partial charge in [0, 0.05) is 4.88 Å². The number of aromatic amines is 1. The van der Waals surface area contributed by atoms with E-state index in [1.54, 1.807) is 17.4 Å². The smallest absolute Gasteiger partial charge is 0.341 e. The van der Waals surface area contributed by atoms with E-state index >= 15 is 0 Å². The second-order valence-electron chi connectivity index (χ2n) is 6.97. The zero-order valence-corrected chi connectivity index (χ0v) is 17.3. The predicted octanol–water partition coefficient (Wildman–Crippen LogP) is 4.90. The number of anilines is 1. The Morgan fingerprint density at radius 2 is 2.11 bits per heavy atom. The van der Waals surface area contributed by atoms with E-state index in [1.807, 2.05) is 31.4 Å². The molecule has 2 N–H and O–H groups in total. The molecule has 0 bridgehead atoms. The first kappa shape index (κ1) is 18.9. The number of aromatic nitrogens is 2. The van der Waals surface area contributed by atoms with Crippen LogP contribution < -0.4 is 5.32 Å². The Labute approximate surface area is 170 Å². The van der Waals surface area contributed by atoms with E-state index in [-0.39, 0.29) is 23.7 Å². The molecular weight excluding hydrogens is 394 g/mol. The van der Waals surface area contributed by atoms with Gasteiger partial charge in [-0.15, -0.1) is 22.7 Å². The van der Waals surface area contributed by atoms with Crippen molar-refractivity contribution in [3.05, 3.63) is 45.3 Å². The van der Waals surface area contributed by atoms with Crippen LogP contribution in [-0.2, 0) is 17.6 Å². The van der Waals surface area contributed by atoms with E-state index in [0.29, 0.717) is 10.6 Å². The molecule has 0 spiro atoms. The molecular formula is C20H21N3O3S2. The van der Waals surface area contributed by atoms with Crippen LogP contribution in [0.4, 0.5) is 5.00 Å². The fraction of sp³-hybridized carbons (Fsp3) is 0.350. The van der Waals surface area contributed by atoms with Gasteiger partial charge in [0.05, 0.1) is 22.2 Å². The van der Waals surface area contributed by atoms with Crippen LogP contribution in [0.25, 0.3) is 10.6 Å². The number of nitrogens with zero attached hydrogens (tertiary/aromatic N) is 1. The van der Waals surface area contributed by atoms with Crippen LogP contribution in [0.2, 0.25) is 0 Å². The zero-order valence-electron chi connectivity index (χ0n) is 15.7. The number of hydrogen-bond donors (Lipinski definition) is 2. The maximum Gasteiger partial charge on any atom is 0.341 e. The number of carbonyl (C=O) groups excluding carboxylic acids is 2. The molecule has 146 valence electrons. The van der Waals surface area contributed by atoms with Crippen molar-refractivity contribution < 1.29 is 14.3 Å². The molecule has 3 aromatic heterocycles. The van der Waals surface area contributed by atoms with E-state index < -0.39 is 0 Å². The number of rotatable bonds is 5. The molecule has 1 aliphatic carbocycles. The number of thiophene rings is 2. The second-order valence-corrected chi connectivity index (χ2v) is 9.02. The molecule has 4 rings (SSSR count). The Morgan fingerprint density at radius 1 is 1.29 bits per heavy atom. The van der Waals surface area contributed by atoms with Gasteiger partial charge in [-0.05, 0) is 62.6 Å². The topological polar surface area (TPSA) is 84.1 Å². The Balaban J connectivity index is 1.61. The SMILES string of the molecule is CC(C)OC(=O)c1c(NC(=O)c2cc(-c3cccs3)[nH]n2)sc2c1CCCC2. The molecule has 1 amide bonds. The van der Waals surface area contributed by atoms with Crippen molar-refractivity contribution in [2.75, 3.05) is 5.32 Å². The van der Waals surface area contributed by atoms with Gasteiger partial charge >= 0.3 is 5.97 Å². The summed E-state index contributed by atoms with van der Waals surface area (Å²) in [5.74, 6) is -0.706. The summed E-state index contributed by atoms with van der Waals surface area (Å²) < 4.78 is 5.44. The molecule has 0 saturated carbocycles. The summed E-state index contributed by atoms with van der Waals surface area (Å²) in [5.41, 5.74) is 2.62. The maximum absolute atomic E-state index is 12.8. The van der Waals surface area contributed by atoms with Crippen molar-refractivity contribution in [2.45, 2.75) is 45.6 Å². The highest BCUT2D eigenvalue weighted by molar-refractivity contribution is 7.17. The molecule has 3 heterocycles. The Hall–Kier alpha value is -2.45. The van der Waals surface area contributed by atoms with Gasteiger partial charge in [-0.25, -0.2) is 4.79 Å². The Kier molecular flexibility index (Phi) is 5.32. The average Bonchev–Trinajstić information content (AvgIpc) is 3.39. The number of esters is 1. The van der Waals surface area contributed by atoms with E-state index in [1.165, 1.54) is 16.2 Å². The molecule has 0 aromatic carbocycles. The van der Waals surface area contributed by atoms with Crippen molar-refractivity contribution in [2.24, 2.45) is 0 Å². The fourth-order valence-electron chi connectivity index (χ4n) is 3.31. The maximum atomic E-state index is 12.8. The van der Waals surface area contributed by atoms with Crippen LogP contribution in [0.15, 0.2) is 23.6 Å². The fourth-order valence-corrected chi connectivity index (χ4v) is 5.27. The van der Waals surface area contributed by atoms with Gasteiger partial charge in [0.25, 0.3) is 5.91 Å². The van der Waals surface area contributed by atoms with Crippen molar-refractivity contribution in [3.63, 3.8) is 0 Å². The lowest BCUT2D eigenvalue weighted by Gasteiger charge is -2.14. The van der Waals surface area contributed by atoms with Crippen LogP contribution in [0.1, 0.15) is 58.0 Å². The van der Waals surface area contributed by atoms with Gasteiger partial charge in [0.1, 0.15) is 5.00 Å². The van der Waals surface area contributed by atoms with Gasteiger partial charge in [-0.3, -0.25) is 9.89 Å². The number of aryl methyl sites for hydroxylation is 1. The largest absolute Gasteiger partial charge is 0.459 e. The van der Waals surface area contributed by atoms with Crippen molar-refractivity contribution in [1.29, 1.82) is 0 Å². The highest BCUT2D eigenvalue weighted by Gasteiger charge is 2.28. The predicted molar refractivity (Wildman–Crippen MR) is 111 cm³/mol. The van der Waals surface area contributed by atoms with Gasteiger partial charge in [-0.2, -0.15) is 5.10 Å². The molecule has 0 aliphatic heterocycles. The molecule has 0 fully saturated rings. The Bertz CT molecular complexity index is 1000. The first-order valence-electron chi connectivity index (χ1n) is 9.29. The minimum atomic E-state index is -0.369. The minimum absolute atomic E-state index is 0.213. The number of hydrogen-bond acceptors (Lipinski definition) is 6. The number of amides is 1. The Morgan fingerprint density at radius 3 is 2.86 bits per heavy atom. The summed E-state index contributed by atoms with van der Waals surface area (Å²) in [4.78, 5) is 27.6. The highest BCUT2D eigenvalue weighted by atomic mass is 32.1. The average molecular weight is 416 g/mol. The lowest BCUT2D eigenvalue weighted by Crippen LogP contribution is -2.18. The number of carbonyl (C=O) groups is 2. The molecule has 28 heavy (non-hydrogen) atoms.